The third kappa shape index (κ3) is 4.22. The summed E-state index contributed by atoms with van der Waals surface area (Å²) < 4.78 is 11.5. The van der Waals surface area contributed by atoms with E-state index in [1.807, 2.05) is 26.0 Å². The van der Waals surface area contributed by atoms with E-state index < -0.39 is 0 Å². The highest BCUT2D eigenvalue weighted by atomic mass is 16.5. The number of benzene rings is 1. The van der Waals surface area contributed by atoms with Crippen molar-refractivity contribution in [2.75, 3.05) is 13.2 Å². The first-order valence-corrected chi connectivity index (χ1v) is 7.79. The molecule has 0 spiro atoms. The summed E-state index contributed by atoms with van der Waals surface area (Å²) in [4.78, 5) is 0. The molecule has 1 aromatic carbocycles. The number of hydrogen-bond acceptors (Lipinski definition) is 3. The molecule has 3 nitrogen and oxygen atoms in total. The zero-order valence-corrected chi connectivity index (χ0v) is 12.7. The van der Waals surface area contributed by atoms with Gasteiger partial charge in [-0.05, 0) is 43.9 Å². The van der Waals surface area contributed by atoms with Crippen LogP contribution in [0.5, 0.6) is 5.75 Å². The topological polar surface area (TPSA) is 44.5 Å². The molecule has 0 radical (unpaired) electrons. The van der Waals surface area contributed by atoms with E-state index in [1.54, 1.807) is 0 Å². The van der Waals surface area contributed by atoms with Crippen LogP contribution in [0.4, 0.5) is 0 Å². The summed E-state index contributed by atoms with van der Waals surface area (Å²) in [6.07, 6.45) is 5.36. The van der Waals surface area contributed by atoms with E-state index in [0.717, 1.165) is 29.4 Å². The Kier molecular flexibility index (Phi) is 5.86. The second kappa shape index (κ2) is 7.65. The lowest BCUT2D eigenvalue weighted by atomic mass is 9.83. The molecule has 0 amide bonds. The molecule has 0 aliphatic heterocycles. The first-order valence-electron chi connectivity index (χ1n) is 7.79. The largest absolute Gasteiger partial charge is 0.494 e. The molecule has 2 N–H and O–H groups in total. The molecule has 0 saturated heterocycles. The van der Waals surface area contributed by atoms with E-state index in [4.69, 9.17) is 15.2 Å². The molecule has 1 atom stereocenters. The Bertz CT molecular complexity index is 413. The standard InChI is InChI=1S/C17H27NO2/c1-3-20-17-8-7-15(13(2)18)11-16(17)12-19-10-9-14-5-4-6-14/h7-8,11,13-14H,3-6,9-10,12,18H2,1-2H3. The van der Waals surface area contributed by atoms with Gasteiger partial charge in [-0.15, -0.1) is 0 Å². The lowest BCUT2D eigenvalue weighted by Crippen LogP contribution is -2.13. The Morgan fingerprint density at radius 2 is 2.15 bits per heavy atom. The fourth-order valence-corrected chi connectivity index (χ4v) is 2.51. The van der Waals surface area contributed by atoms with Crippen LogP contribution in [0.25, 0.3) is 0 Å². The van der Waals surface area contributed by atoms with Crippen LogP contribution in [0.2, 0.25) is 0 Å². The second-order valence-corrected chi connectivity index (χ2v) is 5.73. The number of ether oxygens (including phenoxy) is 2. The Morgan fingerprint density at radius 3 is 2.75 bits per heavy atom. The summed E-state index contributed by atoms with van der Waals surface area (Å²) >= 11 is 0. The first kappa shape index (κ1) is 15.3. The van der Waals surface area contributed by atoms with Crippen molar-refractivity contribution in [3.63, 3.8) is 0 Å². The Balaban J connectivity index is 1.89. The number of rotatable bonds is 8. The minimum Gasteiger partial charge on any atom is -0.494 e. The average Bonchev–Trinajstić information content (AvgIpc) is 2.38. The van der Waals surface area contributed by atoms with Crippen molar-refractivity contribution in [2.45, 2.75) is 52.2 Å². The van der Waals surface area contributed by atoms with Gasteiger partial charge in [0.1, 0.15) is 5.75 Å². The summed E-state index contributed by atoms with van der Waals surface area (Å²) in [5, 5.41) is 0. The molecule has 3 heteroatoms. The zero-order chi connectivity index (χ0) is 14.4. The summed E-state index contributed by atoms with van der Waals surface area (Å²) in [6, 6.07) is 6.19. The van der Waals surface area contributed by atoms with Gasteiger partial charge in [-0.2, -0.15) is 0 Å². The Labute approximate surface area is 122 Å². The third-order valence-corrected chi connectivity index (χ3v) is 4.06. The molecule has 2 rings (SSSR count). The summed E-state index contributed by atoms with van der Waals surface area (Å²) in [5.41, 5.74) is 8.18. The lowest BCUT2D eigenvalue weighted by molar-refractivity contribution is 0.0932. The van der Waals surface area contributed by atoms with Crippen LogP contribution < -0.4 is 10.5 Å². The highest BCUT2D eigenvalue weighted by Crippen LogP contribution is 2.29. The molecular weight excluding hydrogens is 250 g/mol. The lowest BCUT2D eigenvalue weighted by Gasteiger charge is -2.25. The van der Waals surface area contributed by atoms with E-state index >= 15 is 0 Å². The molecule has 0 bridgehead atoms. The van der Waals surface area contributed by atoms with E-state index in [9.17, 15) is 0 Å². The van der Waals surface area contributed by atoms with Crippen molar-refractivity contribution in [1.29, 1.82) is 0 Å². The first-order chi connectivity index (χ1) is 9.70. The predicted octanol–water partition coefficient (Wildman–Crippen LogP) is 3.81. The molecule has 1 saturated carbocycles. The van der Waals surface area contributed by atoms with E-state index in [2.05, 4.69) is 6.07 Å². The summed E-state index contributed by atoms with van der Waals surface area (Å²) in [5.74, 6) is 1.82. The Hall–Kier alpha value is -1.06. The quantitative estimate of drug-likeness (QED) is 0.735. The van der Waals surface area contributed by atoms with Crippen molar-refractivity contribution in [3.8, 4) is 5.75 Å². The maximum atomic E-state index is 5.95. The van der Waals surface area contributed by atoms with Crippen molar-refractivity contribution in [3.05, 3.63) is 29.3 Å². The van der Waals surface area contributed by atoms with Gasteiger partial charge in [-0.25, -0.2) is 0 Å². The monoisotopic (exact) mass is 277 g/mol. The molecule has 1 aliphatic rings. The smallest absolute Gasteiger partial charge is 0.124 e. The van der Waals surface area contributed by atoms with Crippen LogP contribution in [0, 0.1) is 5.92 Å². The van der Waals surface area contributed by atoms with Crippen molar-refractivity contribution in [1.82, 2.24) is 0 Å². The number of hydrogen-bond donors (Lipinski definition) is 1. The van der Waals surface area contributed by atoms with Crippen molar-refractivity contribution < 1.29 is 9.47 Å². The molecule has 0 aromatic heterocycles. The van der Waals surface area contributed by atoms with Crippen molar-refractivity contribution >= 4 is 0 Å². The maximum absolute atomic E-state index is 5.95. The van der Waals surface area contributed by atoms with E-state index in [-0.39, 0.29) is 6.04 Å². The van der Waals surface area contributed by atoms with Crippen LogP contribution in [0.3, 0.4) is 0 Å². The Morgan fingerprint density at radius 1 is 1.35 bits per heavy atom. The average molecular weight is 277 g/mol. The highest BCUT2D eigenvalue weighted by molar-refractivity contribution is 5.38. The SMILES string of the molecule is CCOc1ccc(C(C)N)cc1COCCC1CCC1. The van der Waals surface area contributed by atoms with E-state index in [1.165, 1.54) is 25.7 Å². The van der Waals surface area contributed by atoms with E-state index in [0.29, 0.717) is 13.2 Å². The van der Waals surface area contributed by atoms with Gasteiger partial charge in [0, 0.05) is 18.2 Å². The molecule has 1 aromatic rings. The predicted molar refractivity (Wildman–Crippen MR) is 81.8 cm³/mol. The van der Waals surface area contributed by atoms with Gasteiger partial charge >= 0.3 is 0 Å². The molecule has 1 aliphatic carbocycles. The highest BCUT2D eigenvalue weighted by Gasteiger charge is 2.16. The maximum Gasteiger partial charge on any atom is 0.124 e. The van der Waals surface area contributed by atoms with Gasteiger partial charge in [-0.3, -0.25) is 0 Å². The normalized spacial score (nSPS) is 16.8. The van der Waals surface area contributed by atoms with Gasteiger partial charge < -0.3 is 15.2 Å². The van der Waals surface area contributed by atoms with Crippen LogP contribution in [0.1, 0.15) is 56.7 Å². The minimum absolute atomic E-state index is 0.0411. The molecule has 20 heavy (non-hydrogen) atoms. The molecule has 0 heterocycles. The van der Waals surface area contributed by atoms with Crippen LogP contribution >= 0.6 is 0 Å². The van der Waals surface area contributed by atoms with Crippen LogP contribution in [-0.4, -0.2) is 13.2 Å². The third-order valence-electron chi connectivity index (χ3n) is 4.06. The zero-order valence-electron chi connectivity index (χ0n) is 12.7. The fraction of sp³-hybridized carbons (Fsp3) is 0.647. The minimum atomic E-state index is 0.0411. The summed E-state index contributed by atoms with van der Waals surface area (Å²) in [6.45, 7) is 6.13. The van der Waals surface area contributed by atoms with Gasteiger partial charge in [0.2, 0.25) is 0 Å². The molecule has 1 unspecified atom stereocenters. The number of nitrogens with two attached hydrogens (primary N) is 1. The fourth-order valence-electron chi connectivity index (χ4n) is 2.51. The molecule has 112 valence electrons. The van der Waals surface area contributed by atoms with Gasteiger partial charge in [0.05, 0.1) is 13.2 Å². The van der Waals surface area contributed by atoms with Crippen molar-refractivity contribution in [2.24, 2.45) is 11.7 Å². The molecular formula is C17H27NO2. The van der Waals surface area contributed by atoms with Crippen LogP contribution in [-0.2, 0) is 11.3 Å². The van der Waals surface area contributed by atoms with Crippen LogP contribution in [0.15, 0.2) is 18.2 Å². The summed E-state index contributed by atoms with van der Waals surface area (Å²) in [7, 11) is 0. The van der Waals surface area contributed by atoms with Gasteiger partial charge in [0.25, 0.3) is 0 Å². The van der Waals surface area contributed by atoms with Gasteiger partial charge in [0.15, 0.2) is 0 Å². The van der Waals surface area contributed by atoms with Gasteiger partial charge in [-0.1, -0.05) is 25.3 Å². The second-order valence-electron chi connectivity index (χ2n) is 5.73. The molecule has 1 fully saturated rings.